The molecule has 4 aromatic rings. The number of pyridine rings is 1. The zero-order valence-electron chi connectivity index (χ0n) is 16.2. The summed E-state index contributed by atoms with van der Waals surface area (Å²) in [5.41, 5.74) is 4.50. The average Bonchev–Trinajstić information content (AvgIpc) is 3.23. The first-order valence-electron chi connectivity index (χ1n) is 9.86. The number of nitrogens with zero attached hydrogens (tertiary/aromatic N) is 2. The summed E-state index contributed by atoms with van der Waals surface area (Å²) in [7, 11) is 0. The highest BCUT2D eigenvalue weighted by Crippen LogP contribution is 2.29. The molecule has 2 heterocycles. The van der Waals surface area contributed by atoms with Crippen LogP contribution in [-0.2, 0) is 6.42 Å². The Labute approximate surface area is 174 Å². The van der Waals surface area contributed by atoms with Crippen molar-refractivity contribution in [3.05, 3.63) is 102 Å². The minimum absolute atomic E-state index is 0.0333. The highest BCUT2D eigenvalue weighted by molar-refractivity contribution is 6.08. The van der Waals surface area contributed by atoms with Gasteiger partial charge in [-0.25, -0.2) is 4.98 Å². The van der Waals surface area contributed by atoms with Crippen molar-refractivity contribution in [1.29, 1.82) is 0 Å². The molecule has 1 aliphatic heterocycles. The van der Waals surface area contributed by atoms with Gasteiger partial charge in [0.2, 0.25) is 0 Å². The van der Waals surface area contributed by atoms with Crippen molar-refractivity contribution in [2.24, 2.45) is 0 Å². The van der Waals surface area contributed by atoms with Gasteiger partial charge in [0.05, 0.1) is 5.52 Å². The second-order valence-electron chi connectivity index (χ2n) is 7.26. The van der Waals surface area contributed by atoms with E-state index in [2.05, 4.69) is 16.4 Å². The highest BCUT2D eigenvalue weighted by Gasteiger charge is 2.25. The molecule has 5 rings (SSSR count). The quantitative estimate of drug-likeness (QED) is 0.549. The van der Waals surface area contributed by atoms with E-state index < -0.39 is 0 Å². The third kappa shape index (κ3) is 3.31. The molecule has 1 aliphatic rings. The Balaban J connectivity index is 1.31. The van der Waals surface area contributed by atoms with Crippen LogP contribution < -0.4 is 10.2 Å². The molecule has 0 saturated heterocycles. The largest absolute Gasteiger partial charge is 0.321 e. The number of carbonyl (C=O) groups is 2. The third-order valence-corrected chi connectivity index (χ3v) is 5.35. The van der Waals surface area contributed by atoms with Crippen molar-refractivity contribution in [2.45, 2.75) is 6.42 Å². The number of anilines is 2. The van der Waals surface area contributed by atoms with E-state index in [4.69, 9.17) is 0 Å². The van der Waals surface area contributed by atoms with Gasteiger partial charge in [0.25, 0.3) is 11.8 Å². The van der Waals surface area contributed by atoms with Gasteiger partial charge in [0, 0.05) is 28.9 Å². The van der Waals surface area contributed by atoms with Crippen LogP contribution >= 0.6 is 0 Å². The predicted molar refractivity (Wildman–Crippen MR) is 118 cm³/mol. The fourth-order valence-electron chi connectivity index (χ4n) is 3.79. The van der Waals surface area contributed by atoms with Crippen LogP contribution in [0, 0.1) is 0 Å². The summed E-state index contributed by atoms with van der Waals surface area (Å²) in [5, 5.41) is 3.83. The van der Waals surface area contributed by atoms with E-state index in [9.17, 15) is 9.59 Å². The van der Waals surface area contributed by atoms with Crippen molar-refractivity contribution in [2.75, 3.05) is 16.8 Å². The molecule has 0 fully saturated rings. The van der Waals surface area contributed by atoms with E-state index in [-0.39, 0.29) is 11.8 Å². The Morgan fingerprint density at radius 2 is 1.60 bits per heavy atom. The number of fused-ring (bicyclic) bond motifs is 2. The van der Waals surface area contributed by atoms with Crippen LogP contribution in [-0.4, -0.2) is 23.3 Å². The zero-order chi connectivity index (χ0) is 20.5. The Hall–Kier alpha value is -3.99. The molecule has 0 atom stereocenters. The number of benzene rings is 3. The fraction of sp³-hybridized carbons (Fsp3) is 0.0800. The van der Waals surface area contributed by atoms with E-state index in [0.717, 1.165) is 23.0 Å². The normalized spacial score (nSPS) is 12.6. The molecule has 0 aliphatic carbocycles. The summed E-state index contributed by atoms with van der Waals surface area (Å²) >= 11 is 0. The summed E-state index contributed by atoms with van der Waals surface area (Å²) in [6, 6.07) is 26.2. The molecular formula is C25H19N3O2. The van der Waals surface area contributed by atoms with Gasteiger partial charge in [-0.1, -0.05) is 42.5 Å². The van der Waals surface area contributed by atoms with E-state index in [1.807, 2.05) is 53.4 Å². The van der Waals surface area contributed by atoms with Crippen LogP contribution in [0.4, 0.5) is 11.4 Å². The first-order valence-corrected chi connectivity index (χ1v) is 9.86. The molecule has 3 aromatic carbocycles. The fourth-order valence-corrected chi connectivity index (χ4v) is 3.79. The van der Waals surface area contributed by atoms with E-state index in [1.165, 1.54) is 5.56 Å². The van der Waals surface area contributed by atoms with Crippen molar-refractivity contribution < 1.29 is 9.59 Å². The minimum Gasteiger partial charge on any atom is -0.321 e. The van der Waals surface area contributed by atoms with E-state index in [1.54, 1.807) is 30.3 Å². The van der Waals surface area contributed by atoms with Crippen LogP contribution in [0.15, 0.2) is 84.9 Å². The average molecular weight is 393 g/mol. The van der Waals surface area contributed by atoms with Gasteiger partial charge in [0.15, 0.2) is 0 Å². The van der Waals surface area contributed by atoms with Crippen molar-refractivity contribution in [3.8, 4) is 0 Å². The maximum absolute atomic E-state index is 12.9. The Kier molecular flexibility index (Phi) is 4.48. The lowest BCUT2D eigenvalue weighted by Gasteiger charge is -2.17. The number of hydrogen-bond acceptors (Lipinski definition) is 3. The summed E-state index contributed by atoms with van der Waals surface area (Å²) in [4.78, 5) is 31.7. The molecule has 0 unspecified atom stereocenters. The maximum Gasteiger partial charge on any atom is 0.274 e. The number of carbonyl (C=O) groups excluding carboxylic acids is 2. The summed E-state index contributed by atoms with van der Waals surface area (Å²) in [6.45, 7) is 0.685. The molecular weight excluding hydrogens is 374 g/mol. The number of nitrogens with one attached hydrogen (secondary N) is 1. The second-order valence-corrected chi connectivity index (χ2v) is 7.26. The maximum atomic E-state index is 12.9. The zero-order valence-corrected chi connectivity index (χ0v) is 16.2. The summed E-state index contributed by atoms with van der Waals surface area (Å²) in [5.74, 6) is -0.317. The van der Waals surface area contributed by atoms with Crippen LogP contribution in [0.2, 0.25) is 0 Å². The standard InChI is InChI=1S/C25H19N3O2/c29-24(22-14-11-17-5-1-3-7-21(17)27-22)26-20-12-9-19(10-13-20)25(30)28-16-15-18-6-2-4-8-23(18)28/h1-14H,15-16H2,(H,26,29). The highest BCUT2D eigenvalue weighted by atomic mass is 16.2. The molecule has 30 heavy (non-hydrogen) atoms. The number of rotatable bonds is 3. The van der Waals surface area contributed by atoms with E-state index in [0.29, 0.717) is 23.5 Å². The van der Waals surface area contributed by atoms with Gasteiger partial charge in [0.1, 0.15) is 5.69 Å². The van der Waals surface area contributed by atoms with Gasteiger partial charge in [-0.2, -0.15) is 0 Å². The molecule has 5 nitrogen and oxygen atoms in total. The molecule has 146 valence electrons. The van der Waals surface area contributed by atoms with Gasteiger partial charge in [-0.05, 0) is 54.4 Å². The molecule has 5 heteroatoms. The van der Waals surface area contributed by atoms with Gasteiger partial charge in [-0.3, -0.25) is 9.59 Å². The molecule has 0 saturated carbocycles. The van der Waals surface area contributed by atoms with Crippen LogP contribution in [0.25, 0.3) is 10.9 Å². The van der Waals surface area contributed by atoms with Gasteiger partial charge in [-0.15, -0.1) is 0 Å². The molecule has 0 radical (unpaired) electrons. The number of amides is 2. The van der Waals surface area contributed by atoms with Crippen molar-refractivity contribution in [3.63, 3.8) is 0 Å². The molecule has 2 amide bonds. The SMILES string of the molecule is O=C(Nc1ccc(C(=O)N2CCc3ccccc32)cc1)c1ccc2ccccc2n1. The Morgan fingerprint density at radius 1 is 0.833 bits per heavy atom. The number of hydrogen-bond donors (Lipinski definition) is 1. The Bertz CT molecular complexity index is 1260. The van der Waals surface area contributed by atoms with Crippen LogP contribution in [0.1, 0.15) is 26.4 Å². The first-order chi connectivity index (χ1) is 14.7. The minimum atomic E-state index is -0.284. The summed E-state index contributed by atoms with van der Waals surface area (Å²) in [6.07, 6.45) is 0.870. The van der Waals surface area contributed by atoms with Crippen LogP contribution in [0.5, 0.6) is 0 Å². The predicted octanol–water partition coefficient (Wildman–Crippen LogP) is 4.69. The molecule has 0 bridgehead atoms. The Morgan fingerprint density at radius 3 is 2.47 bits per heavy atom. The summed E-state index contributed by atoms with van der Waals surface area (Å²) < 4.78 is 0. The van der Waals surface area contributed by atoms with Crippen molar-refractivity contribution >= 4 is 34.1 Å². The molecule has 0 spiro atoms. The molecule has 1 aromatic heterocycles. The lowest BCUT2D eigenvalue weighted by Crippen LogP contribution is -2.28. The van der Waals surface area contributed by atoms with Crippen LogP contribution in [0.3, 0.4) is 0 Å². The molecule has 1 N–H and O–H groups in total. The monoisotopic (exact) mass is 393 g/mol. The third-order valence-electron chi connectivity index (χ3n) is 5.35. The van der Waals surface area contributed by atoms with E-state index >= 15 is 0 Å². The van der Waals surface area contributed by atoms with Gasteiger partial charge >= 0.3 is 0 Å². The lowest BCUT2D eigenvalue weighted by atomic mass is 10.1. The topological polar surface area (TPSA) is 62.3 Å². The number of para-hydroxylation sites is 2. The van der Waals surface area contributed by atoms with Gasteiger partial charge < -0.3 is 10.2 Å². The smallest absolute Gasteiger partial charge is 0.274 e. The number of aromatic nitrogens is 1. The lowest BCUT2D eigenvalue weighted by molar-refractivity contribution is 0.0988. The second kappa shape index (κ2) is 7.44. The first kappa shape index (κ1) is 18.1. The van der Waals surface area contributed by atoms with Crippen molar-refractivity contribution in [1.82, 2.24) is 4.98 Å².